The summed E-state index contributed by atoms with van der Waals surface area (Å²) in [5, 5.41) is 5.66. The maximum absolute atomic E-state index is 14.0. The number of halogens is 1. The van der Waals surface area contributed by atoms with E-state index >= 15 is 0 Å². The van der Waals surface area contributed by atoms with Crippen molar-refractivity contribution >= 4 is 16.7 Å². The van der Waals surface area contributed by atoms with Gasteiger partial charge in [-0.15, -0.1) is 0 Å². The molecule has 1 aliphatic rings. The lowest BCUT2D eigenvalue weighted by atomic mass is 9.98. The monoisotopic (exact) mass is 365 g/mol. The van der Waals surface area contributed by atoms with Gasteiger partial charge in [-0.25, -0.2) is 9.07 Å². The standard InChI is InChI=1S/C21H20FN3O2/c1-14-16-6-2-3-8-18(16)21(27)25(23-14)13-20(26)24-11-10-15(12-24)17-7-4-5-9-19(17)22/h2-9,15H,10-13H2,1H3. The Balaban J connectivity index is 1.54. The van der Waals surface area contributed by atoms with Crippen molar-refractivity contribution in [3.63, 3.8) is 0 Å². The second kappa shape index (κ2) is 6.95. The largest absolute Gasteiger partial charge is 0.340 e. The van der Waals surface area contributed by atoms with E-state index in [0.29, 0.717) is 36.2 Å². The van der Waals surface area contributed by atoms with E-state index in [1.54, 1.807) is 29.2 Å². The molecule has 1 unspecified atom stereocenters. The Bertz CT molecular complexity index is 1080. The summed E-state index contributed by atoms with van der Waals surface area (Å²) >= 11 is 0. The number of rotatable bonds is 3. The first kappa shape index (κ1) is 17.4. The van der Waals surface area contributed by atoms with Crippen LogP contribution in [0, 0.1) is 12.7 Å². The van der Waals surface area contributed by atoms with E-state index in [1.165, 1.54) is 10.7 Å². The number of carbonyl (C=O) groups is 1. The minimum absolute atomic E-state index is 0.0156. The Morgan fingerprint density at radius 1 is 1.15 bits per heavy atom. The third-order valence-electron chi connectivity index (χ3n) is 5.22. The van der Waals surface area contributed by atoms with Gasteiger partial charge in [-0.1, -0.05) is 36.4 Å². The molecule has 0 N–H and O–H groups in total. The number of benzene rings is 2. The SMILES string of the molecule is Cc1nn(CC(=O)N2CCC(c3ccccc3F)C2)c(=O)c2ccccc12. The Morgan fingerprint density at radius 3 is 2.63 bits per heavy atom. The Morgan fingerprint density at radius 2 is 1.85 bits per heavy atom. The molecule has 1 aliphatic heterocycles. The van der Waals surface area contributed by atoms with Crippen molar-refractivity contribution in [1.29, 1.82) is 0 Å². The summed E-state index contributed by atoms with van der Waals surface area (Å²) in [5.74, 6) is -0.420. The number of hydrogen-bond donors (Lipinski definition) is 0. The quantitative estimate of drug-likeness (QED) is 0.717. The van der Waals surface area contributed by atoms with Gasteiger partial charge in [0.25, 0.3) is 5.56 Å². The van der Waals surface area contributed by atoms with Gasteiger partial charge in [0.1, 0.15) is 12.4 Å². The van der Waals surface area contributed by atoms with E-state index in [4.69, 9.17) is 0 Å². The summed E-state index contributed by atoms with van der Waals surface area (Å²) in [4.78, 5) is 27.0. The van der Waals surface area contributed by atoms with Crippen LogP contribution in [0.5, 0.6) is 0 Å². The van der Waals surface area contributed by atoms with Crippen LogP contribution in [-0.2, 0) is 11.3 Å². The fourth-order valence-electron chi connectivity index (χ4n) is 3.79. The smallest absolute Gasteiger partial charge is 0.275 e. The van der Waals surface area contributed by atoms with Crippen molar-refractivity contribution in [2.24, 2.45) is 0 Å². The molecule has 0 saturated carbocycles. The molecular formula is C21H20FN3O2. The zero-order valence-corrected chi connectivity index (χ0v) is 15.1. The zero-order valence-electron chi connectivity index (χ0n) is 15.1. The first-order chi connectivity index (χ1) is 13.0. The van der Waals surface area contributed by atoms with Crippen LogP contribution in [0.2, 0.25) is 0 Å². The van der Waals surface area contributed by atoms with Gasteiger partial charge >= 0.3 is 0 Å². The van der Waals surface area contributed by atoms with E-state index < -0.39 is 0 Å². The Labute approximate surface area is 156 Å². The van der Waals surface area contributed by atoms with E-state index in [1.807, 2.05) is 25.1 Å². The number of aromatic nitrogens is 2. The van der Waals surface area contributed by atoms with Gasteiger partial charge in [0.05, 0.1) is 11.1 Å². The van der Waals surface area contributed by atoms with E-state index in [9.17, 15) is 14.0 Å². The van der Waals surface area contributed by atoms with Crippen molar-refractivity contribution < 1.29 is 9.18 Å². The van der Waals surface area contributed by atoms with Gasteiger partial charge in [-0.3, -0.25) is 9.59 Å². The molecule has 138 valence electrons. The minimum atomic E-state index is -0.269. The number of hydrogen-bond acceptors (Lipinski definition) is 3. The second-order valence-electron chi connectivity index (χ2n) is 6.94. The minimum Gasteiger partial charge on any atom is -0.340 e. The summed E-state index contributed by atoms with van der Waals surface area (Å²) in [6.07, 6.45) is 0.714. The Hall–Kier alpha value is -3.02. The van der Waals surface area contributed by atoms with Crippen LogP contribution in [0.1, 0.15) is 23.6 Å². The van der Waals surface area contributed by atoms with Crippen molar-refractivity contribution in [2.75, 3.05) is 13.1 Å². The summed E-state index contributed by atoms with van der Waals surface area (Å²) in [6.45, 7) is 2.74. The molecule has 0 aliphatic carbocycles. The molecule has 1 atom stereocenters. The highest BCUT2D eigenvalue weighted by Gasteiger charge is 2.29. The maximum atomic E-state index is 14.0. The fourth-order valence-corrected chi connectivity index (χ4v) is 3.79. The number of nitrogens with zero attached hydrogens (tertiary/aromatic N) is 3. The molecule has 0 bridgehead atoms. The molecule has 6 heteroatoms. The van der Waals surface area contributed by atoms with Gasteiger partial charge < -0.3 is 4.90 Å². The molecule has 0 spiro atoms. The molecule has 4 rings (SSSR count). The lowest BCUT2D eigenvalue weighted by molar-refractivity contribution is -0.131. The van der Waals surface area contributed by atoms with Crippen LogP contribution < -0.4 is 5.56 Å². The van der Waals surface area contributed by atoms with Crippen molar-refractivity contribution in [2.45, 2.75) is 25.8 Å². The van der Waals surface area contributed by atoms with Crippen LogP contribution in [0.25, 0.3) is 10.8 Å². The highest BCUT2D eigenvalue weighted by atomic mass is 19.1. The third-order valence-corrected chi connectivity index (χ3v) is 5.22. The third kappa shape index (κ3) is 3.23. The average Bonchev–Trinajstić information content (AvgIpc) is 3.16. The zero-order chi connectivity index (χ0) is 19.0. The van der Waals surface area contributed by atoms with Crippen molar-refractivity contribution in [3.05, 3.63) is 76.0 Å². The molecule has 5 nitrogen and oxygen atoms in total. The lowest BCUT2D eigenvalue weighted by Gasteiger charge is -2.18. The van der Waals surface area contributed by atoms with Crippen LogP contribution in [0.3, 0.4) is 0 Å². The van der Waals surface area contributed by atoms with E-state index in [0.717, 1.165) is 5.39 Å². The first-order valence-corrected chi connectivity index (χ1v) is 9.03. The van der Waals surface area contributed by atoms with E-state index in [2.05, 4.69) is 5.10 Å². The summed E-state index contributed by atoms with van der Waals surface area (Å²) in [6, 6.07) is 13.9. The maximum Gasteiger partial charge on any atom is 0.275 e. The van der Waals surface area contributed by atoms with E-state index in [-0.39, 0.29) is 29.7 Å². The van der Waals surface area contributed by atoms with Crippen LogP contribution in [-0.4, -0.2) is 33.7 Å². The van der Waals surface area contributed by atoms with Crippen molar-refractivity contribution in [3.8, 4) is 0 Å². The van der Waals surface area contributed by atoms with Gasteiger partial charge in [0.2, 0.25) is 5.91 Å². The molecule has 0 radical (unpaired) electrons. The number of carbonyl (C=O) groups excluding carboxylic acids is 1. The summed E-state index contributed by atoms with van der Waals surface area (Å²) in [5.41, 5.74) is 1.09. The number of likely N-dealkylation sites (tertiary alicyclic amines) is 1. The number of amides is 1. The van der Waals surface area contributed by atoms with Crippen LogP contribution in [0.4, 0.5) is 4.39 Å². The molecule has 27 heavy (non-hydrogen) atoms. The number of aryl methyl sites for hydroxylation is 1. The van der Waals surface area contributed by atoms with Gasteiger partial charge in [-0.2, -0.15) is 5.10 Å². The molecular weight excluding hydrogens is 345 g/mol. The normalized spacial score (nSPS) is 16.8. The molecule has 1 fully saturated rings. The van der Waals surface area contributed by atoms with Crippen molar-refractivity contribution in [1.82, 2.24) is 14.7 Å². The number of fused-ring (bicyclic) bond motifs is 1. The predicted octanol–water partition coefficient (Wildman–Crippen LogP) is 2.86. The van der Waals surface area contributed by atoms with Gasteiger partial charge in [-0.05, 0) is 31.0 Å². The molecule has 1 amide bonds. The predicted molar refractivity (Wildman–Crippen MR) is 101 cm³/mol. The molecule has 2 aromatic carbocycles. The highest BCUT2D eigenvalue weighted by Crippen LogP contribution is 2.29. The highest BCUT2D eigenvalue weighted by molar-refractivity contribution is 5.83. The molecule has 1 aromatic heterocycles. The molecule has 1 saturated heterocycles. The molecule has 3 aromatic rings. The average molecular weight is 365 g/mol. The molecule has 2 heterocycles. The topological polar surface area (TPSA) is 55.2 Å². The lowest BCUT2D eigenvalue weighted by Crippen LogP contribution is -2.36. The second-order valence-corrected chi connectivity index (χ2v) is 6.94. The van der Waals surface area contributed by atoms with Gasteiger partial charge in [0.15, 0.2) is 0 Å². The fraction of sp³-hybridized carbons (Fsp3) is 0.286. The van der Waals surface area contributed by atoms with Crippen LogP contribution >= 0.6 is 0 Å². The Kier molecular flexibility index (Phi) is 4.48. The first-order valence-electron chi connectivity index (χ1n) is 9.03. The van der Waals surface area contributed by atoms with Crippen LogP contribution in [0.15, 0.2) is 53.3 Å². The summed E-state index contributed by atoms with van der Waals surface area (Å²) < 4.78 is 15.2. The summed E-state index contributed by atoms with van der Waals surface area (Å²) in [7, 11) is 0. The van der Waals surface area contributed by atoms with Gasteiger partial charge in [0, 0.05) is 24.4 Å².